The number of hydrogen-bond acceptors (Lipinski definition) is 4. The Hall–Kier alpha value is -3.48. The van der Waals surface area contributed by atoms with Crippen LogP contribution in [0.3, 0.4) is 0 Å². The number of carbonyl (C=O) groups excluding carboxylic acids is 1. The van der Waals surface area contributed by atoms with E-state index in [1.807, 2.05) is 91.0 Å². The zero-order valence-electron chi connectivity index (χ0n) is 19.5. The Morgan fingerprint density at radius 3 is 1.89 bits per heavy atom. The van der Waals surface area contributed by atoms with Crippen molar-refractivity contribution in [1.29, 1.82) is 0 Å². The molecular formula is C29H30FNO4. The summed E-state index contributed by atoms with van der Waals surface area (Å²) in [6.07, 6.45) is -1.44. The lowest BCUT2D eigenvalue weighted by molar-refractivity contribution is -0.00921. The molecule has 0 aliphatic carbocycles. The Bertz CT molecular complexity index is 1060. The van der Waals surface area contributed by atoms with Gasteiger partial charge in [0.2, 0.25) is 0 Å². The van der Waals surface area contributed by atoms with Crippen LogP contribution in [0.2, 0.25) is 0 Å². The molecule has 0 N–H and O–H groups in total. The van der Waals surface area contributed by atoms with E-state index in [0.717, 1.165) is 16.7 Å². The largest absolute Gasteiger partial charge is 0.445 e. The molecule has 4 rings (SSSR count). The first-order valence-electron chi connectivity index (χ1n) is 11.7. The maximum atomic E-state index is 15.8. The molecule has 1 saturated heterocycles. The number of rotatable bonds is 10. The van der Waals surface area contributed by atoms with E-state index in [0.29, 0.717) is 6.61 Å². The number of benzene rings is 3. The summed E-state index contributed by atoms with van der Waals surface area (Å²) in [6.45, 7) is 4.49. The molecule has 4 atom stereocenters. The van der Waals surface area contributed by atoms with Crippen molar-refractivity contribution in [1.82, 2.24) is 4.90 Å². The van der Waals surface area contributed by atoms with Crippen LogP contribution in [0.5, 0.6) is 0 Å². The molecule has 3 aromatic rings. The maximum absolute atomic E-state index is 15.8. The number of alkyl halides is 1. The van der Waals surface area contributed by atoms with E-state index < -0.39 is 30.5 Å². The quantitative estimate of drug-likeness (QED) is 0.353. The topological polar surface area (TPSA) is 48.0 Å². The van der Waals surface area contributed by atoms with Crippen molar-refractivity contribution < 1.29 is 23.4 Å². The Morgan fingerprint density at radius 1 is 0.829 bits per heavy atom. The Balaban J connectivity index is 1.48. The van der Waals surface area contributed by atoms with Crippen LogP contribution in [-0.4, -0.2) is 42.0 Å². The van der Waals surface area contributed by atoms with Gasteiger partial charge < -0.3 is 14.2 Å². The fraction of sp³-hybridized carbons (Fsp3) is 0.276. The van der Waals surface area contributed by atoms with Crippen LogP contribution in [-0.2, 0) is 34.0 Å². The third-order valence-electron chi connectivity index (χ3n) is 6.04. The Labute approximate surface area is 205 Å². The molecular weight excluding hydrogens is 445 g/mol. The minimum atomic E-state index is -1.47. The first kappa shape index (κ1) is 24.6. The van der Waals surface area contributed by atoms with Gasteiger partial charge in [-0.2, -0.15) is 0 Å². The zero-order valence-corrected chi connectivity index (χ0v) is 19.5. The maximum Gasteiger partial charge on any atom is 0.411 e. The van der Waals surface area contributed by atoms with Gasteiger partial charge in [-0.3, -0.25) is 4.90 Å². The standard InChI is InChI=1S/C29H30FNO4/c1-2-25-28(34-19-23-14-8-4-9-15-23)27(30)26(21-33-18-22-12-6-3-7-13-22)31(25)29(32)35-20-24-16-10-5-11-17-24/h2-17,25-28H,1,18-21H2/t25-,26-,27-,28-/m0/s1. The van der Waals surface area contributed by atoms with E-state index in [1.165, 1.54) is 4.90 Å². The molecule has 0 saturated carbocycles. The second kappa shape index (κ2) is 12.3. The lowest BCUT2D eigenvalue weighted by Gasteiger charge is -2.28. The van der Waals surface area contributed by atoms with Gasteiger partial charge in [-0.15, -0.1) is 6.58 Å². The van der Waals surface area contributed by atoms with Crippen LogP contribution in [0.1, 0.15) is 16.7 Å². The molecule has 1 aliphatic heterocycles. The third-order valence-corrected chi connectivity index (χ3v) is 6.04. The molecule has 1 aliphatic rings. The van der Waals surface area contributed by atoms with Crippen molar-refractivity contribution in [3.63, 3.8) is 0 Å². The molecule has 5 nitrogen and oxygen atoms in total. The molecule has 0 bridgehead atoms. The summed E-state index contributed by atoms with van der Waals surface area (Å²) in [4.78, 5) is 14.6. The summed E-state index contributed by atoms with van der Waals surface area (Å²) in [5.41, 5.74) is 2.74. The normalized spacial score (nSPS) is 21.6. The van der Waals surface area contributed by atoms with Gasteiger partial charge in [0.15, 0.2) is 6.17 Å². The van der Waals surface area contributed by atoms with Crippen molar-refractivity contribution >= 4 is 6.09 Å². The van der Waals surface area contributed by atoms with Crippen molar-refractivity contribution in [3.8, 4) is 0 Å². The van der Waals surface area contributed by atoms with Crippen molar-refractivity contribution in [2.24, 2.45) is 0 Å². The molecule has 1 heterocycles. The molecule has 3 aromatic carbocycles. The lowest BCUT2D eigenvalue weighted by Crippen LogP contribution is -2.45. The average Bonchev–Trinajstić information content (AvgIpc) is 3.18. The first-order chi connectivity index (χ1) is 17.2. The van der Waals surface area contributed by atoms with Crippen LogP contribution in [0.15, 0.2) is 104 Å². The second-order valence-electron chi connectivity index (χ2n) is 8.45. The van der Waals surface area contributed by atoms with Crippen molar-refractivity contribution in [3.05, 3.63) is 120 Å². The third kappa shape index (κ3) is 6.35. The highest BCUT2D eigenvalue weighted by atomic mass is 19.1. The second-order valence-corrected chi connectivity index (χ2v) is 8.45. The number of hydrogen-bond donors (Lipinski definition) is 0. The highest BCUT2D eigenvalue weighted by Gasteiger charge is 2.52. The molecule has 35 heavy (non-hydrogen) atoms. The van der Waals surface area contributed by atoms with Crippen LogP contribution in [0.4, 0.5) is 9.18 Å². The summed E-state index contributed by atoms with van der Waals surface area (Å²) in [7, 11) is 0. The monoisotopic (exact) mass is 475 g/mol. The van der Waals surface area contributed by atoms with E-state index in [1.54, 1.807) is 6.08 Å². The minimum Gasteiger partial charge on any atom is -0.445 e. The summed E-state index contributed by atoms with van der Waals surface area (Å²) in [6, 6.07) is 27.0. The number of nitrogens with zero attached hydrogens (tertiary/aromatic N) is 1. The van der Waals surface area contributed by atoms with Gasteiger partial charge in [0.05, 0.1) is 31.9 Å². The molecule has 182 valence electrons. The van der Waals surface area contributed by atoms with Crippen LogP contribution in [0.25, 0.3) is 0 Å². The van der Waals surface area contributed by atoms with E-state index in [2.05, 4.69) is 6.58 Å². The fourth-order valence-corrected chi connectivity index (χ4v) is 4.24. The SMILES string of the molecule is C=C[C@H]1[C@H](OCc2ccccc2)[C@@H](F)[C@H](COCc2ccccc2)N1C(=O)OCc1ccccc1. The molecule has 0 spiro atoms. The molecule has 0 radical (unpaired) electrons. The van der Waals surface area contributed by atoms with Gasteiger partial charge in [-0.25, -0.2) is 9.18 Å². The lowest BCUT2D eigenvalue weighted by atomic mass is 10.1. The molecule has 1 amide bonds. The van der Waals surface area contributed by atoms with E-state index in [-0.39, 0.29) is 19.8 Å². The first-order valence-corrected chi connectivity index (χ1v) is 11.7. The average molecular weight is 476 g/mol. The van der Waals surface area contributed by atoms with Gasteiger partial charge >= 0.3 is 6.09 Å². The summed E-state index contributed by atoms with van der Waals surface area (Å²) < 4.78 is 33.2. The smallest absolute Gasteiger partial charge is 0.411 e. The van der Waals surface area contributed by atoms with Crippen molar-refractivity contribution in [2.45, 2.75) is 44.2 Å². The van der Waals surface area contributed by atoms with E-state index in [9.17, 15) is 4.79 Å². The van der Waals surface area contributed by atoms with Crippen LogP contribution < -0.4 is 0 Å². The van der Waals surface area contributed by atoms with E-state index >= 15 is 4.39 Å². The molecule has 6 heteroatoms. The van der Waals surface area contributed by atoms with Crippen molar-refractivity contribution in [2.75, 3.05) is 6.61 Å². The van der Waals surface area contributed by atoms with Gasteiger partial charge in [-0.1, -0.05) is 97.1 Å². The van der Waals surface area contributed by atoms with Gasteiger partial charge in [0.25, 0.3) is 0 Å². The fourth-order valence-electron chi connectivity index (χ4n) is 4.24. The number of ether oxygens (including phenoxy) is 3. The summed E-state index contributed by atoms with van der Waals surface area (Å²) >= 11 is 0. The molecule has 0 unspecified atom stereocenters. The predicted molar refractivity (Wildman–Crippen MR) is 132 cm³/mol. The number of halogens is 1. The Kier molecular flexibility index (Phi) is 8.65. The summed E-state index contributed by atoms with van der Waals surface area (Å²) in [5, 5.41) is 0. The minimum absolute atomic E-state index is 0.00599. The Morgan fingerprint density at radius 2 is 1.34 bits per heavy atom. The number of amides is 1. The summed E-state index contributed by atoms with van der Waals surface area (Å²) in [5.74, 6) is 0. The van der Waals surface area contributed by atoms with Gasteiger partial charge in [0.1, 0.15) is 12.7 Å². The number of likely N-dealkylation sites (tertiary alicyclic amines) is 1. The van der Waals surface area contributed by atoms with Gasteiger partial charge in [0, 0.05) is 0 Å². The highest BCUT2D eigenvalue weighted by Crippen LogP contribution is 2.33. The highest BCUT2D eigenvalue weighted by molar-refractivity contribution is 5.70. The van der Waals surface area contributed by atoms with Crippen LogP contribution in [0, 0.1) is 0 Å². The van der Waals surface area contributed by atoms with E-state index in [4.69, 9.17) is 14.2 Å². The number of carbonyl (C=O) groups is 1. The predicted octanol–water partition coefficient (Wildman–Crippen LogP) is 5.70. The van der Waals surface area contributed by atoms with Crippen LogP contribution >= 0.6 is 0 Å². The molecule has 0 aromatic heterocycles. The molecule has 1 fully saturated rings. The van der Waals surface area contributed by atoms with Gasteiger partial charge in [-0.05, 0) is 16.7 Å². The zero-order chi connectivity index (χ0) is 24.5.